The van der Waals surface area contributed by atoms with Gasteiger partial charge in [0, 0.05) is 24.8 Å². The maximum atomic E-state index is 12.5. The average Bonchev–Trinajstić information content (AvgIpc) is 2.61. The summed E-state index contributed by atoms with van der Waals surface area (Å²) in [7, 11) is 0. The van der Waals surface area contributed by atoms with E-state index >= 15 is 0 Å². The predicted octanol–water partition coefficient (Wildman–Crippen LogP) is 3.59. The highest BCUT2D eigenvalue weighted by molar-refractivity contribution is 7.99. The van der Waals surface area contributed by atoms with Crippen LogP contribution in [-0.4, -0.2) is 27.3 Å². The van der Waals surface area contributed by atoms with E-state index in [4.69, 9.17) is 0 Å². The summed E-state index contributed by atoms with van der Waals surface area (Å²) < 4.78 is 1.72. The molecule has 1 N–H and O–H groups in total. The van der Waals surface area contributed by atoms with Crippen LogP contribution >= 0.6 is 11.8 Å². The third kappa shape index (κ3) is 5.33. The Hall–Kier alpha value is -1.82. The van der Waals surface area contributed by atoms with Gasteiger partial charge in [-0.25, -0.2) is 4.98 Å². The molecule has 0 saturated heterocycles. The molecule has 1 aromatic carbocycles. The third-order valence-corrected chi connectivity index (χ3v) is 5.25. The molecule has 1 unspecified atom stereocenters. The molecule has 0 aliphatic rings. The van der Waals surface area contributed by atoms with Crippen molar-refractivity contribution in [2.45, 2.75) is 64.2 Å². The summed E-state index contributed by atoms with van der Waals surface area (Å²) in [6.45, 7) is 6.64. The van der Waals surface area contributed by atoms with Crippen LogP contribution < -0.4 is 10.9 Å². The van der Waals surface area contributed by atoms with Crippen molar-refractivity contribution < 1.29 is 4.79 Å². The number of carbonyl (C=O) groups is 1. The van der Waals surface area contributed by atoms with Crippen LogP contribution in [0.1, 0.15) is 46.5 Å². The minimum atomic E-state index is 0.0172. The highest BCUT2D eigenvalue weighted by Crippen LogP contribution is 2.19. The van der Waals surface area contributed by atoms with Gasteiger partial charge in [0.1, 0.15) is 0 Å². The molecule has 1 aromatic heterocycles. The standard InChI is InChI=1S/C19H27N3O2S/c1-4-14(3)20-17(23)12-8-9-13-25-19-21-16-11-7-6-10-15(16)18(24)22(19)5-2/h6-7,10-11,14H,4-5,8-9,12-13H2,1-3H3,(H,20,23). The van der Waals surface area contributed by atoms with E-state index in [0.717, 1.165) is 35.7 Å². The molecule has 0 aliphatic heterocycles. The van der Waals surface area contributed by atoms with Crippen molar-refractivity contribution in [3.05, 3.63) is 34.6 Å². The molecule has 1 atom stereocenters. The number of hydrogen-bond donors (Lipinski definition) is 1. The lowest BCUT2D eigenvalue weighted by Crippen LogP contribution is -2.31. The Kier molecular flexibility index (Phi) is 7.50. The van der Waals surface area contributed by atoms with Gasteiger partial charge < -0.3 is 5.32 Å². The van der Waals surface area contributed by atoms with Crippen LogP contribution in [0.4, 0.5) is 0 Å². The van der Waals surface area contributed by atoms with Crippen molar-refractivity contribution >= 4 is 28.6 Å². The average molecular weight is 362 g/mol. The normalized spacial score (nSPS) is 12.3. The molecule has 6 heteroatoms. The van der Waals surface area contributed by atoms with E-state index in [2.05, 4.69) is 17.2 Å². The molecule has 136 valence electrons. The van der Waals surface area contributed by atoms with Crippen LogP contribution in [0.3, 0.4) is 0 Å². The Bertz CT molecular complexity index is 773. The number of hydrogen-bond acceptors (Lipinski definition) is 4. The summed E-state index contributed by atoms with van der Waals surface area (Å²) in [5.74, 6) is 0.968. The molecule has 25 heavy (non-hydrogen) atoms. The number of nitrogens with zero attached hydrogens (tertiary/aromatic N) is 2. The second-order valence-corrected chi connectivity index (χ2v) is 7.21. The summed E-state index contributed by atoms with van der Waals surface area (Å²) in [6.07, 6.45) is 3.27. The quantitative estimate of drug-likeness (QED) is 0.421. The first-order valence-corrected chi connectivity index (χ1v) is 9.97. The summed E-state index contributed by atoms with van der Waals surface area (Å²) in [5, 5.41) is 4.40. The number of rotatable bonds is 9. The van der Waals surface area contributed by atoms with E-state index in [9.17, 15) is 9.59 Å². The van der Waals surface area contributed by atoms with Gasteiger partial charge in [0.05, 0.1) is 10.9 Å². The number of amides is 1. The Labute approximate surface area is 153 Å². The van der Waals surface area contributed by atoms with Gasteiger partial charge in [-0.2, -0.15) is 0 Å². The van der Waals surface area contributed by atoms with E-state index in [1.807, 2.05) is 38.1 Å². The zero-order valence-electron chi connectivity index (χ0n) is 15.2. The number of para-hydroxylation sites is 1. The lowest BCUT2D eigenvalue weighted by molar-refractivity contribution is -0.121. The Morgan fingerprint density at radius 1 is 1.28 bits per heavy atom. The second-order valence-electron chi connectivity index (χ2n) is 6.14. The SMILES string of the molecule is CCC(C)NC(=O)CCCCSc1nc2ccccc2c(=O)n1CC. The Balaban J connectivity index is 1.91. The molecule has 1 heterocycles. The molecule has 0 bridgehead atoms. The van der Waals surface area contributed by atoms with Crippen molar-refractivity contribution in [2.24, 2.45) is 0 Å². The van der Waals surface area contributed by atoms with Gasteiger partial charge in [-0.05, 0) is 45.2 Å². The number of nitrogens with one attached hydrogen (secondary N) is 1. The van der Waals surface area contributed by atoms with Crippen LogP contribution in [0.2, 0.25) is 0 Å². The van der Waals surface area contributed by atoms with E-state index < -0.39 is 0 Å². The molecule has 0 spiro atoms. The van der Waals surface area contributed by atoms with Gasteiger partial charge >= 0.3 is 0 Å². The van der Waals surface area contributed by atoms with Crippen LogP contribution in [0.5, 0.6) is 0 Å². The zero-order valence-corrected chi connectivity index (χ0v) is 16.1. The minimum absolute atomic E-state index is 0.0172. The lowest BCUT2D eigenvalue weighted by Gasteiger charge is -2.12. The molecule has 2 rings (SSSR count). The molecule has 0 fully saturated rings. The molecule has 2 aromatic rings. The molecule has 0 saturated carbocycles. The maximum Gasteiger partial charge on any atom is 0.262 e. The molecule has 0 radical (unpaired) electrons. The van der Waals surface area contributed by atoms with E-state index in [-0.39, 0.29) is 17.5 Å². The van der Waals surface area contributed by atoms with Crippen molar-refractivity contribution in [3.8, 4) is 0 Å². The van der Waals surface area contributed by atoms with Crippen molar-refractivity contribution in [2.75, 3.05) is 5.75 Å². The van der Waals surface area contributed by atoms with Crippen LogP contribution in [0.25, 0.3) is 10.9 Å². The van der Waals surface area contributed by atoms with Crippen LogP contribution in [0, 0.1) is 0 Å². The lowest BCUT2D eigenvalue weighted by atomic mass is 10.2. The number of fused-ring (bicyclic) bond motifs is 1. The predicted molar refractivity (Wildman–Crippen MR) is 104 cm³/mol. The second kappa shape index (κ2) is 9.61. The van der Waals surface area contributed by atoms with Crippen LogP contribution in [-0.2, 0) is 11.3 Å². The highest BCUT2D eigenvalue weighted by atomic mass is 32.2. The first kappa shape index (κ1) is 19.5. The Morgan fingerprint density at radius 2 is 2.04 bits per heavy atom. The molecule has 0 aliphatic carbocycles. The van der Waals surface area contributed by atoms with Crippen molar-refractivity contribution in [1.82, 2.24) is 14.9 Å². The van der Waals surface area contributed by atoms with Gasteiger partial charge in [-0.3, -0.25) is 14.2 Å². The van der Waals surface area contributed by atoms with E-state index in [1.165, 1.54) is 0 Å². The van der Waals surface area contributed by atoms with Crippen molar-refractivity contribution in [3.63, 3.8) is 0 Å². The maximum absolute atomic E-state index is 12.5. The van der Waals surface area contributed by atoms with Gasteiger partial charge in [-0.1, -0.05) is 30.8 Å². The zero-order chi connectivity index (χ0) is 18.2. The van der Waals surface area contributed by atoms with Crippen molar-refractivity contribution in [1.29, 1.82) is 0 Å². The summed E-state index contributed by atoms with van der Waals surface area (Å²) >= 11 is 1.59. The molecular formula is C19H27N3O2S. The Morgan fingerprint density at radius 3 is 2.76 bits per heavy atom. The van der Waals surface area contributed by atoms with Gasteiger partial charge in [0.2, 0.25) is 5.91 Å². The number of thioether (sulfide) groups is 1. The number of aromatic nitrogens is 2. The first-order chi connectivity index (χ1) is 12.1. The van der Waals surface area contributed by atoms with Gasteiger partial charge in [0.15, 0.2) is 5.16 Å². The number of unbranched alkanes of at least 4 members (excludes halogenated alkanes) is 1. The largest absolute Gasteiger partial charge is 0.354 e. The minimum Gasteiger partial charge on any atom is -0.354 e. The highest BCUT2D eigenvalue weighted by Gasteiger charge is 2.10. The summed E-state index contributed by atoms with van der Waals surface area (Å²) in [4.78, 5) is 28.9. The van der Waals surface area contributed by atoms with Gasteiger partial charge in [0.25, 0.3) is 5.56 Å². The fourth-order valence-electron chi connectivity index (χ4n) is 2.54. The summed E-state index contributed by atoms with van der Waals surface area (Å²) in [6, 6.07) is 7.70. The molecular weight excluding hydrogens is 334 g/mol. The molecule has 1 amide bonds. The monoisotopic (exact) mass is 361 g/mol. The summed E-state index contributed by atoms with van der Waals surface area (Å²) in [5.41, 5.74) is 0.760. The molecule has 5 nitrogen and oxygen atoms in total. The fourth-order valence-corrected chi connectivity index (χ4v) is 3.60. The number of benzene rings is 1. The first-order valence-electron chi connectivity index (χ1n) is 8.98. The van der Waals surface area contributed by atoms with E-state index in [0.29, 0.717) is 18.4 Å². The third-order valence-electron chi connectivity index (χ3n) is 4.19. The fraction of sp³-hybridized carbons (Fsp3) is 0.526. The topological polar surface area (TPSA) is 64.0 Å². The van der Waals surface area contributed by atoms with E-state index in [1.54, 1.807) is 16.3 Å². The number of carbonyl (C=O) groups excluding carboxylic acids is 1. The van der Waals surface area contributed by atoms with Gasteiger partial charge in [-0.15, -0.1) is 0 Å². The smallest absolute Gasteiger partial charge is 0.262 e. The van der Waals surface area contributed by atoms with Crippen LogP contribution in [0.15, 0.2) is 34.2 Å².